The van der Waals surface area contributed by atoms with Crippen LogP contribution in [0.15, 0.2) is 42.5 Å². The van der Waals surface area contributed by atoms with Gasteiger partial charge < -0.3 is 14.8 Å². The molecule has 5 nitrogen and oxygen atoms in total. The second-order valence-corrected chi connectivity index (χ2v) is 7.66. The van der Waals surface area contributed by atoms with Crippen molar-refractivity contribution in [3.05, 3.63) is 59.2 Å². The fraction of sp³-hybridized carbons (Fsp3) is 0.417. The molecule has 2 aromatic rings. The SMILES string of the molecule is CCCOc1ccc(NC(=O)C2(c3cccc(C)c3)CCCC2)cc1C(=O)OC. The summed E-state index contributed by atoms with van der Waals surface area (Å²) in [5, 5.41) is 3.04. The lowest BCUT2D eigenvalue weighted by molar-refractivity contribution is -0.121. The highest BCUT2D eigenvalue weighted by atomic mass is 16.5. The van der Waals surface area contributed by atoms with E-state index in [2.05, 4.69) is 11.4 Å². The molecule has 1 amide bonds. The van der Waals surface area contributed by atoms with Crippen molar-refractivity contribution < 1.29 is 19.1 Å². The summed E-state index contributed by atoms with van der Waals surface area (Å²) in [7, 11) is 1.34. The van der Waals surface area contributed by atoms with Gasteiger partial charge in [0.1, 0.15) is 11.3 Å². The molecule has 0 spiro atoms. The number of benzene rings is 2. The van der Waals surface area contributed by atoms with Gasteiger partial charge in [0.25, 0.3) is 0 Å². The highest BCUT2D eigenvalue weighted by molar-refractivity contribution is 6.01. The van der Waals surface area contributed by atoms with Gasteiger partial charge in [-0.3, -0.25) is 4.79 Å². The molecule has 1 fully saturated rings. The van der Waals surface area contributed by atoms with E-state index < -0.39 is 11.4 Å². The zero-order valence-corrected chi connectivity index (χ0v) is 17.4. The number of carbonyl (C=O) groups excluding carboxylic acids is 2. The minimum absolute atomic E-state index is 0.0290. The van der Waals surface area contributed by atoms with Gasteiger partial charge in [0.2, 0.25) is 5.91 Å². The molecule has 0 aliphatic heterocycles. The van der Waals surface area contributed by atoms with Gasteiger partial charge in [0, 0.05) is 5.69 Å². The molecule has 0 saturated heterocycles. The Morgan fingerprint density at radius 1 is 1.10 bits per heavy atom. The predicted octanol–water partition coefficient (Wildman–Crippen LogP) is 5.02. The number of hydrogen-bond donors (Lipinski definition) is 1. The van der Waals surface area contributed by atoms with E-state index in [4.69, 9.17) is 9.47 Å². The van der Waals surface area contributed by atoms with Crippen LogP contribution in [-0.2, 0) is 14.9 Å². The Morgan fingerprint density at radius 2 is 1.86 bits per heavy atom. The molecule has 0 radical (unpaired) electrons. The highest BCUT2D eigenvalue weighted by Crippen LogP contribution is 2.42. The molecule has 154 valence electrons. The Hall–Kier alpha value is -2.82. The zero-order chi connectivity index (χ0) is 20.9. The van der Waals surface area contributed by atoms with Gasteiger partial charge in [-0.25, -0.2) is 4.79 Å². The molecule has 0 bridgehead atoms. The van der Waals surface area contributed by atoms with Crippen LogP contribution in [0.2, 0.25) is 0 Å². The Labute approximate surface area is 172 Å². The smallest absolute Gasteiger partial charge is 0.341 e. The first-order valence-electron chi connectivity index (χ1n) is 10.2. The molecule has 1 N–H and O–H groups in total. The minimum Gasteiger partial charge on any atom is -0.493 e. The van der Waals surface area contributed by atoms with Gasteiger partial charge in [-0.2, -0.15) is 0 Å². The maximum atomic E-state index is 13.4. The molecule has 5 heteroatoms. The Balaban J connectivity index is 1.89. The van der Waals surface area contributed by atoms with Crippen molar-refractivity contribution in [3.8, 4) is 5.75 Å². The third kappa shape index (κ3) is 4.44. The van der Waals surface area contributed by atoms with E-state index in [0.717, 1.165) is 43.2 Å². The van der Waals surface area contributed by atoms with E-state index >= 15 is 0 Å². The molecule has 3 rings (SSSR count). The van der Waals surface area contributed by atoms with Crippen LogP contribution in [0.5, 0.6) is 5.75 Å². The number of esters is 1. The van der Waals surface area contributed by atoms with Crippen molar-refractivity contribution >= 4 is 17.6 Å². The largest absolute Gasteiger partial charge is 0.493 e. The first-order valence-corrected chi connectivity index (χ1v) is 10.2. The molecule has 1 aliphatic rings. The lowest BCUT2D eigenvalue weighted by Gasteiger charge is -2.29. The van der Waals surface area contributed by atoms with E-state index in [-0.39, 0.29) is 5.91 Å². The number of nitrogens with one attached hydrogen (secondary N) is 1. The zero-order valence-electron chi connectivity index (χ0n) is 17.4. The Morgan fingerprint density at radius 3 is 2.52 bits per heavy atom. The molecule has 0 unspecified atom stereocenters. The van der Waals surface area contributed by atoms with Gasteiger partial charge in [-0.1, -0.05) is 49.6 Å². The molecule has 0 heterocycles. The van der Waals surface area contributed by atoms with E-state index in [0.29, 0.717) is 23.6 Å². The quantitative estimate of drug-likeness (QED) is 0.669. The summed E-state index contributed by atoms with van der Waals surface area (Å²) < 4.78 is 10.5. The van der Waals surface area contributed by atoms with Gasteiger partial charge >= 0.3 is 5.97 Å². The number of carbonyl (C=O) groups is 2. The second-order valence-electron chi connectivity index (χ2n) is 7.66. The van der Waals surface area contributed by atoms with E-state index in [1.165, 1.54) is 7.11 Å². The van der Waals surface area contributed by atoms with Crippen LogP contribution in [0, 0.1) is 6.92 Å². The van der Waals surface area contributed by atoms with Gasteiger partial charge in [-0.15, -0.1) is 0 Å². The van der Waals surface area contributed by atoms with Crippen molar-refractivity contribution in [2.75, 3.05) is 19.0 Å². The lowest BCUT2D eigenvalue weighted by Crippen LogP contribution is -2.38. The van der Waals surface area contributed by atoms with Crippen LogP contribution in [0.1, 0.15) is 60.5 Å². The summed E-state index contributed by atoms with van der Waals surface area (Å²) in [5.74, 6) is -0.0499. The van der Waals surface area contributed by atoms with Crippen LogP contribution in [0.25, 0.3) is 0 Å². The predicted molar refractivity (Wildman–Crippen MR) is 114 cm³/mol. The third-order valence-electron chi connectivity index (χ3n) is 5.57. The molecular formula is C24H29NO4. The monoisotopic (exact) mass is 395 g/mol. The van der Waals surface area contributed by atoms with Crippen molar-refractivity contribution in [1.29, 1.82) is 0 Å². The molecule has 0 atom stereocenters. The summed E-state index contributed by atoms with van der Waals surface area (Å²) in [5.41, 5.74) is 2.55. The van der Waals surface area contributed by atoms with Crippen molar-refractivity contribution in [3.63, 3.8) is 0 Å². The topological polar surface area (TPSA) is 64.6 Å². The molecule has 2 aromatic carbocycles. The Bertz CT molecular complexity index is 884. The standard InChI is InChI=1S/C24H29NO4/c1-4-14-29-21-11-10-19(16-20(21)22(26)28-3)25-23(27)24(12-5-6-13-24)18-9-7-8-17(2)15-18/h7-11,15-16H,4-6,12-14H2,1-3H3,(H,25,27). The number of methoxy groups -OCH3 is 1. The summed E-state index contributed by atoms with van der Waals surface area (Å²) in [6, 6.07) is 13.3. The average molecular weight is 395 g/mol. The summed E-state index contributed by atoms with van der Waals surface area (Å²) in [4.78, 5) is 25.6. The lowest BCUT2D eigenvalue weighted by atomic mass is 9.77. The van der Waals surface area contributed by atoms with Gasteiger partial charge in [0.05, 0.1) is 19.1 Å². The van der Waals surface area contributed by atoms with Gasteiger partial charge in [0.15, 0.2) is 0 Å². The average Bonchev–Trinajstić information content (AvgIpc) is 3.23. The fourth-order valence-electron chi connectivity index (χ4n) is 4.03. The highest BCUT2D eigenvalue weighted by Gasteiger charge is 2.42. The maximum absolute atomic E-state index is 13.4. The van der Waals surface area contributed by atoms with E-state index in [1.54, 1.807) is 18.2 Å². The first kappa shape index (κ1) is 20.9. The maximum Gasteiger partial charge on any atom is 0.341 e. The van der Waals surface area contributed by atoms with E-state index in [1.807, 2.05) is 32.0 Å². The summed E-state index contributed by atoms with van der Waals surface area (Å²) >= 11 is 0. The Kier molecular flexibility index (Phi) is 6.57. The van der Waals surface area contributed by atoms with Crippen LogP contribution < -0.4 is 10.1 Å². The number of amides is 1. The van der Waals surface area contributed by atoms with Crippen molar-refractivity contribution in [1.82, 2.24) is 0 Å². The second kappa shape index (κ2) is 9.12. The van der Waals surface area contributed by atoms with Crippen LogP contribution in [-0.4, -0.2) is 25.6 Å². The number of aryl methyl sites for hydroxylation is 1. The van der Waals surface area contributed by atoms with Crippen LogP contribution in [0.4, 0.5) is 5.69 Å². The molecular weight excluding hydrogens is 366 g/mol. The number of rotatable bonds is 7. The summed E-state index contributed by atoms with van der Waals surface area (Å²) in [6.45, 7) is 4.55. The number of anilines is 1. The number of hydrogen-bond acceptors (Lipinski definition) is 4. The van der Waals surface area contributed by atoms with Crippen LogP contribution >= 0.6 is 0 Å². The third-order valence-corrected chi connectivity index (χ3v) is 5.57. The van der Waals surface area contributed by atoms with Crippen molar-refractivity contribution in [2.45, 2.75) is 51.4 Å². The van der Waals surface area contributed by atoms with Crippen molar-refractivity contribution in [2.24, 2.45) is 0 Å². The molecule has 29 heavy (non-hydrogen) atoms. The molecule has 1 saturated carbocycles. The number of ether oxygens (including phenoxy) is 2. The van der Waals surface area contributed by atoms with E-state index in [9.17, 15) is 9.59 Å². The molecule has 1 aliphatic carbocycles. The minimum atomic E-state index is -0.533. The first-order chi connectivity index (χ1) is 14.0. The van der Waals surface area contributed by atoms with Crippen LogP contribution in [0.3, 0.4) is 0 Å². The normalized spacial score (nSPS) is 15.0. The molecule has 0 aromatic heterocycles. The van der Waals surface area contributed by atoms with Gasteiger partial charge in [-0.05, 0) is 49.9 Å². The summed E-state index contributed by atoms with van der Waals surface area (Å²) in [6.07, 6.45) is 4.53. The fourth-order valence-corrected chi connectivity index (χ4v) is 4.03.